The molecule has 0 saturated heterocycles. The van der Waals surface area contributed by atoms with E-state index in [-0.39, 0.29) is 12.6 Å². The van der Waals surface area contributed by atoms with Gasteiger partial charge in [-0.15, -0.1) is 0 Å². The summed E-state index contributed by atoms with van der Waals surface area (Å²) in [5.41, 5.74) is 0.461. The fraction of sp³-hybridized carbons (Fsp3) is 0.357. The van der Waals surface area contributed by atoms with Gasteiger partial charge in [-0.2, -0.15) is 5.26 Å². The number of anilines is 1. The summed E-state index contributed by atoms with van der Waals surface area (Å²) in [6.07, 6.45) is 0.938. The van der Waals surface area contributed by atoms with Crippen molar-refractivity contribution in [2.24, 2.45) is 0 Å². The van der Waals surface area contributed by atoms with Gasteiger partial charge in [-0.1, -0.05) is 13.0 Å². The van der Waals surface area contributed by atoms with Crippen molar-refractivity contribution in [2.45, 2.75) is 26.4 Å². The van der Waals surface area contributed by atoms with Gasteiger partial charge in [0.1, 0.15) is 12.3 Å². The van der Waals surface area contributed by atoms with Crippen molar-refractivity contribution >= 4 is 17.5 Å². The van der Waals surface area contributed by atoms with E-state index < -0.39 is 11.8 Å². The Hall–Kier alpha value is -2.55. The van der Waals surface area contributed by atoms with E-state index in [9.17, 15) is 9.59 Å². The number of amides is 2. The number of hydrogen-bond donors (Lipinski definition) is 2. The van der Waals surface area contributed by atoms with Crippen molar-refractivity contribution < 1.29 is 14.3 Å². The first kappa shape index (κ1) is 15.5. The average molecular weight is 275 g/mol. The lowest BCUT2D eigenvalue weighted by Gasteiger charge is -2.13. The third kappa shape index (κ3) is 4.98. The predicted octanol–water partition coefficient (Wildman–Crippen LogP) is 1.44. The van der Waals surface area contributed by atoms with Crippen LogP contribution in [0.3, 0.4) is 0 Å². The van der Waals surface area contributed by atoms with E-state index in [0.717, 1.165) is 6.42 Å². The summed E-state index contributed by atoms with van der Waals surface area (Å²) in [7, 11) is 0. The Bertz CT molecular complexity index is 523. The molecule has 1 rings (SSSR count). The highest BCUT2D eigenvalue weighted by molar-refractivity contribution is 6.39. The summed E-state index contributed by atoms with van der Waals surface area (Å²) in [6.45, 7) is 3.75. The van der Waals surface area contributed by atoms with Crippen LogP contribution in [0.1, 0.15) is 20.3 Å². The second kappa shape index (κ2) is 7.79. The minimum Gasteiger partial charge on any atom is -0.491 e. The van der Waals surface area contributed by atoms with Crippen LogP contribution in [0.5, 0.6) is 5.75 Å². The molecule has 0 bridgehead atoms. The number of carbonyl (C=O) groups excluding carboxylic acids is 2. The normalized spacial score (nSPS) is 11.1. The van der Waals surface area contributed by atoms with E-state index in [1.807, 2.05) is 13.8 Å². The number of nitrogens with zero attached hydrogens (tertiary/aromatic N) is 1. The van der Waals surface area contributed by atoms with Gasteiger partial charge in [0.25, 0.3) is 0 Å². The molecule has 1 aromatic carbocycles. The number of nitrogens with one attached hydrogen (secondary N) is 2. The van der Waals surface area contributed by atoms with Crippen molar-refractivity contribution in [2.75, 3.05) is 11.9 Å². The molecule has 106 valence electrons. The SMILES string of the molecule is CCC(C)Oc1cccc(NC(=O)C(=O)NCC#N)c1. The number of rotatable bonds is 5. The van der Waals surface area contributed by atoms with Crippen molar-refractivity contribution in [3.05, 3.63) is 24.3 Å². The first-order chi connectivity index (χ1) is 9.56. The molecule has 0 aliphatic heterocycles. The van der Waals surface area contributed by atoms with E-state index in [1.165, 1.54) is 0 Å². The number of benzene rings is 1. The number of ether oxygens (including phenoxy) is 1. The standard InChI is InChI=1S/C14H17N3O3/c1-3-10(2)20-12-6-4-5-11(9-12)17-14(19)13(18)16-8-7-15/h4-6,9-10H,3,8H2,1-2H3,(H,16,18)(H,17,19). The maximum Gasteiger partial charge on any atom is 0.313 e. The van der Waals surface area contributed by atoms with Crippen molar-refractivity contribution in [3.8, 4) is 11.8 Å². The van der Waals surface area contributed by atoms with E-state index in [2.05, 4.69) is 10.6 Å². The Balaban J connectivity index is 2.64. The maximum absolute atomic E-state index is 11.5. The lowest BCUT2D eigenvalue weighted by molar-refractivity contribution is -0.136. The van der Waals surface area contributed by atoms with Crippen LogP contribution in [0, 0.1) is 11.3 Å². The molecule has 0 aliphatic rings. The van der Waals surface area contributed by atoms with Crippen LogP contribution in [0.25, 0.3) is 0 Å². The van der Waals surface area contributed by atoms with E-state index in [4.69, 9.17) is 10.00 Å². The molecule has 0 aromatic heterocycles. The van der Waals surface area contributed by atoms with Gasteiger partial charge in [0, 0.05) is 11.8 Å². The molecule has 0 heterocycles. The third-order valence-corrected chi connectivity index (χ3v) is 2.54. The summed E-state index contributed by atoms with van der Waals surface area (Å²) in [6, 6.07) is 8.51. The van der Waals surface area contributed by atoms with Gasteiger partial charge in [-0.05, 0) is 25.5 Å². The molecular weight excluding hydrogens is 258 g/mol. The van der Waals surface area contributed by atoms with Gasteiger partial charge in [0.15, 0.2) is 0 Å². The summed E-state index contributed by atoms with van der Waals surface area (Å²) in [5, 5.41) is 12.9. The molecule has 0 fully saturated rings. The summed E-state index contributed by atoms with van der Waals surface area (Å²) in [4.78, 5) is 22.8. The quantitative estimate of drug-likeness (QED) is 0.628. The number of nitriles is 1. The third-order valence-electron chi connectivity index (χ3n) is 2.54. The van der Waals surface area contributed by atoms with Gasteiger partial charge in [-0.25, -0.2) is 0 Å². The van der Waals surface area contributed by atoms with E-state index >= 15 is 0 Å². The fourth-order valence-electron chi connectivity index (χ4n) is 1.35. The highest BCUT2D eigenvalue weighted by atomic mass is 16.5. The van der Waals surface area contributed by atoms with Crippen LogP contribution in [0.2, 0.25) is 0 Å². The molecule has 1 aromatic rings. The molecule has 6 nitrogen and oxygen atoms in total. The smallest absolute Gasteiger partial charge is 0.313 e. The Morgan fingerprint density at radius 2 is 2.15 bits per heavy atom. The highest BCUT2D eigenvalue weighted by Gasteiger charge is 2.13. The zero-order valence-corrected chi connectivity index (χ0v) is 11.5. The zero-order chi connectivity index (χ0) is 15.0. The van der Waals surface area contributed by atoms with Crippen molar-refractivity contribution in [1.82, 2.24) is 5.32 Å². The lowest BCUT2D eigenvalue weighted by atomic mass is 10.2. The molecule has 20 heavy (non-hydrogen) atoms. The molecule has 1 atom stereocenters. The van der Waals surface area contributed by atoms with Crippen LogP contribution in [-0.2, 0) is 9.59 Å². The van der Waals surface area contributed by atoms with Gasteiger partial charge >= 0.3 is 11.8 Å². The van der Waals surface area contributed by atoms with Crippen molar-refractivity contribution in [1.29, 1.82) is 5.26 Å². The van der Waals surface area contributed by atoms with Crippen LogP contribution >= 0.6 is 0 Å². The maximum atomic E-state index is 11.5. The van der Waals surface area contributed by atoms with Crippen LogP contribution in [0.4, 0.5) is 5.69 Å². The molecule has 0 radical (unpaired) electrons. The molecule has 1 unspecified atom stereocenters. The van der Waals surface area contributed by atoms with Crippen LogP contribution < -0.4 is 15.4 Å². The van der Waals surface area contributed by atoms with Gasteiger partial charge in [-0.3, -0.25) is 9.59 Å². The molecule has 0 saturated carbocycles. The molecular formula is C14H17N3O3. The Morgan fingerprint density at radius 3 is 2.80 bits per heavy atom. The molecule has 2 amide bonds. The first-order valence-corrected chi connectivity index (χ1v) is 6.29. The van der Waals surface area contributed by atoms with E-state index in [0.29, 0.717) is 11.4 Å². The summed E-state index contributed by atoms with van der Waals surface area (Å²) < 4.78 is 5.62. The largest absolute Gasteiger partial charge is 0.491 e. The number of hydrogen-bond acceptors (Lipinski definition) is 4. The Labute approximate surface area is 117 Å². The van der Waals surface area contributed by atoms with Gasteiger partial charge in [0.05, 0.1) is 12.2 Å². The second-order valence-corrected chi connectivity index (χ2v) is 4.16. The molecule has 0 aliphatic carbocycles. The first-order valence-electron chi connectivity index (χ1n) is 6.29. The number of carbonyl (C=O) groups is 2. The average Bonchev–Trinajstić information content (AvgIpc) is 2.44. The van der Waals surface area contributed by atoms with Gasteiger partial charge < -0.3 is 15.4 Å². The van der Waals surface area contributed by atoms with Gasteiger partial charge in [0.2, 0.25) is 0 Å². The zero-order valence-electron chi connectivity index (χ0n) is 11.5. The van der Waals surface area contributed by atoms with Crippen LogP contribution in [-0.4, -0.2) is 24.5 Å². The summed E-state index contributed by atoms with van der Waals surface area (Å²) >= 11 is 0. The topological polar surface area (TPSA) is 91.2 Å². The Kier molecular flexibility index (Phi) is 6.04. The molecule has 2 N–H and O–H groups in total. The fourth-order valence-corrected chi connectivity index (χ4v) is 1.35. The predicted molar refractivity (Wildman–Crippen MR) is 74.1 cm³/mol. The molecule has 6 heteroatoms. The monoisotopic (exact) mass is 275 g/mol. The minimum atomic E-state index is -0.847. The minimum absolute atomic E-state index is 0.0693. The second-order valence-electron chi connectivity index (χ2n) is 4.16. The highest BCUT2D eigenvalue weighted by Crippen LogP contribution is 2.19. The molecule has 0 spiro atoms. The van der Waals surface area contributed by atoms with E-state index in [1.54, 1.807) is 30.3 Å². The Morgan fingerprint density at radius 1 is 1.40 bits per heavy atom. The summed E-state index contributed by atoms with van der Waals surface area (Å²) in [5.74, 6) is -1.05. The lowest BCUT2D eigenvalue weighted by Crippen LogP contribution is -2.35. The van der Waals surface area contributed by atoms with Crippen molar-refractivity contribution in [3.63, 3.8) is 0 Å². The van der Waals surface area contributed by atoms with Crippen LogP contribution in [0.15, 0.2) is 24.3 Å².